The first kappa shape index (κ1) is 13.4. The van der Waals surface area contributed by atoms with Crippen molar-refractivity contribution in [3.8, 4) is 22.6 Å². The van der Waals surface area contributed by atoms with E-state index in [0.717, 1.165) is 15.6 Å². The van der Waals surface area contributed by atoms with Crippen LogP contribution in [0.25, 0.3) is 11.1 Å². The van der Waals surface area contributed by atoms with Crippen LogP contribution in [0.5, 0.6) is 11.5 Å². The Morgan fingerprint density at radius 3 is 2.22 bits per heavy atom. The molecule has 0 spiro atoms. The Bertz CT molecular complexity index is 601. The van der Waals surface area contributed by atoms with Gasteiger partial charge < -0.3 is 10.2 Å². The quantitative estimate of drug-likeness (QED) is 0.747. The van der Waals surface area contributed by atoms with Crippen molar-refractivity contribution in [1.29, 1.82) is 0 Å². The Morgan fingerprint density at radius 2 is 1.61 bits per heavy atom. The Balaban J connectivity index is 2.84. The number of halogens is 2. The van der Waals surface area contributed by atoms with E-state index in [0.29, 0.717) is 15.6 Å². The van der Waals surface area contributed by atoms with Gasteiger partial charge in [0.2, 0.25) is 0 Å². The van der Waals surface area contributed by atoms with Gasteiger partial charge in [0.1, 0.15) is 11.5 Å². The topological polar surface area (TPSA) is 40.5 Å². The van der Waals surface area contributed by atoms with Crippen molar-refractivity contribution in [1.82, 2.24) is 0 Å². The van der Waals surface area contributed by atoms with Gasteiger partial charge in [-0.25, -0.2) is 0 Å². The first-order valence-corrected chi connectivity index (χ1v) is 6.98. The summed E-state index contributed by atoms with van der Waals surface area (Å²) in [6.07, 6.45) is 0. The van der Waals surface area contributed by atoms with Gasteiger partial charge in [0.05, 0.1) is 4.47 Å². The summed E-state index contributed by atoms with van der Waals surface area (Å²) in [4.78, 5) is 0. The summed E-state index contributed by atoms with van der Waals surface area (Å²) in [5.41, 5.74) is 3.14. The second-order valence-electron chi connectivity index (χ2n) is 4.18. The number of phenolic OH excluding ortho intramolecular Hbond substituents is 2. The van der Waals surface area contributed by atoms with Crippen molar-refractivity contribution >= 4 is 31.9 Å². The second kappa shape index (κ2) is 4.94. The fourth-order valence-electron chi connectivity index (χ4n) is 2.03. The molecule has 2 N–H and O–H groups in total. The first-order chi connectivity index (χ1) is 8.43. The highest BCUT2D eigenvalue weighted by atomic mass is 79.9. The molecule has 0 unspecified atom stereocenters. The summed E-state index contributed by atoms with van der Waals surface area (Å²) in [6.45, 7) is 3.81. The third-order valence-corrected chi connectivity index (χ3v) is 4.85. The van der Waals surface area contributed by atoms with Crippen LogP contribution in [0.3, 0.4) is 0 Å². The van der Waals surface area contributed by atoms with E-state index < -0.39 is 0 Å². The second-order valence-corrected chi connectivity index (χ2v) is 5.83. The predicted molar refractivity (Wildman–Crippen MR) is 80.1 cm³/mol. The molecule has 18 heavy (non-hydrogen) atoms. The molecule has 4 heteroatoms. The van der Waals surface area contributed by atoms with Crippen LogP contribution in [-0.2, 0) is 0 Å². The Kier molecular flexibility index (Phi) is 3.69. The fraction of sp³-hybridized carbons (Fsp3) is 0.143. The fourth-order valence-corrected chi connectivity index (χ4v) is 2.87. The molecule has 0 amide bonds. The van der Waals surface area contributed by atoms with Crippen LogP contribution >= 0.6 is 31.9 Å². The van der Waals surface area contributed by atoms with Gasteiger partial charge in [-0.1, -0.05) is 12.1 Å². The third kappa shape index (κ3) is 2.15. The van der Waals surface area contributed by atoms with Crippen molar-refractivity contribution in [2.45, 2.75) is 13.8 Å². The zero-order valence-electron chi connectivity index (χ0n) is 9.96. The lowest BCUT2D eigenvalue weighted by atomic mass is 9.95. The number of benzene rings is 2. The summed E-state index contributed by atoms with van der Waals surface area (Å²) in [7, 11) is 0. The number of rotatable bonds is 1. The molecule has 0 bridgehead atoms. The molecule has 0 saturated heterocycles. The molecule has 0 atom stereocenters. The van der Waals surface area contributed by atoms with E-state index in [-0.39, 0.29) is 11.5 Å². The summed E-state index contributed by atoms with van der Waals surface area (Å²) in [5.74, 6) is 0.300. The maximum absolute atomic E-state index is 10.3. The minimum absolute atomic E-state index is 0.131. The van der Waals surface area contributed by atoms with Gasteiger partial charge in [-0.2, -0.15) is 0 Å². The highest BCUT2D eigenvalue weighted by Gasteiger charge is 2.18. The molecule has 0 aromatic heterocycles. The molecule has 0 fully saturated rings. The molecule has 2 nitrogen and oxygen atoms in total. The van der Waals surface area contributed by atoms with Gasteiger partial charge in [0, 0.05) is 15.6 Å². The molecule has 0 aliphatic heterocycles. The maximum atomic E-state index is 10.3. The lowest BCUT2D eigenvalue weighted by Gasteiger charge is -2.15. The number of hydrogen-bond acceptors (Lipinski definition) is 2. The molecular weight excluding hydrogens is 360 g/mol. The summed E-state index contributed by atoms with van der Waals surface area (Å²) >= 11 is 6.70. The van der Waals surface area contributed by atoms with Gasteiger partial charge in [-0.05, 0) is 69.0 Å². The zero-order valence-corrected chi connectivity index (χ0v) is 13.1. The molecule has 0 saturated carbocycles. The van der Waals surface area contributed by atoms with Gasteiger partial charge in [0.25, 0.3) is 0 Å². The van der Waals surface area contributed by atoms with E-state index >= 15 is 0 Å². The standard InChI is InChI=1S/C14H12Br2O2/c1-7-4-3-5-10(17)11(7)12-8(2)6-9(15)13(16)14(12)18/h3-6,17-18H,1-2H3. The van der Waals surface area contributed by atoms with Gasteiger partial charge in [-0.3, -0.25) is 0 Å². The normalized spacial score (nSPS) is 10.7. The average Bonchev–Trinajstić information content (AvgIpc) is 2.30. The van der Waals surface area contributed by atoms with E-state index in [9.17, 15) is 10.2 Å². The van der Waals surface area contributed by atoms with E-state index in [4.69, 9.17) is 0 Å². The highest BCUT2D eigenvalue weighted by molar-refractivity contribution is 9.13. The van der Waals surface area contributed by atoms with Crippen molar-refractivity contribution in [3.05, 3.63) is 44.3 Å². The lowest BCUT2D eigenvalue weighted by molar-refractivity contribution is 0.466. The molecule has 94 valence electrons. The van der Waals surface area contributed by atoms with Crippen LogP contribution in [0.1, 0.15) is 11.1 Å². The van der Waals surface area contributed by atoms with E-state index in [1.807, 2.05) is 26.0 Å². The predicted octanol–water partition coefficient (Wildman–Crippen LogP) is 4.91. The van der Waals surface area contributed by atoms with Crippen LogP contribution in [0.4, 0.5) is 0 Å². The SMILES string of the molecule is Cc1cccc(O)c1-c1c(C)cc(Br)c(Br)c1O. The molecule has 0 aliphatic carbocycles. The Hall–Kier alpha value is -1.00. The van der Waals surface area contributed by atoms with Crippen LogP contribution in [-0.4, -0.2) is 10.2 Å². The number of aromatic hydroxyl groups is 2. The maximum Gasteiger partial charge on any atom is 0.139 e. The zero-order chi connectivity index (χ0) is 13.4. The lowest BCUT2D eigenvalue weighted by Crippen LogP contribution is -1.90. The Morgan fingerprint density at radius 1 is 0.944 bits per heavy atom. The van der Waals surface area contributed by atoms with Gasteiger partial charge >= 0.3 is 0 Å². The van der Waals surface area contributed by atoms with Crippen molar-refractivity contribution < 1.29 is 10.2 Å². The van der Waals surface area contributed by atoms with E-state index in [1.54, 1.807) is 12.1 Å². The molecule has 2 aromatic rings. The summed E-state index contributed by atoms with van der Waals surface area (Å²) in [5, 5.41) is 20.3. The number of aryl methyl sites for hydroxylation is 2. The van der Waals surface area contributed by atoms with Crippen LogP contribution in [0.15, 0.2) is 33.2 Å². The molecular formula is C14H12Br2O2. The number of phenols is 2. The van der Waals surface area contributed by atoms with Crippen molar-refractivity contribution in [3.63, 3.8) is 0 Å². The van der Waals surface area contributed by atoms with Gasteiger partial charge in [0.15, 0.2) is 0 Å². The van der Waals surface area contributed by atoms with Crippen LogP contribution in [0.2, 0.25) is 0 Å². The summed E-state index contributed by atoms with van der Waals surface area (Å²) < 4.78 is 1.38. The minimum Gasteiger partial charge on any atom is -0.507 e. The smallest absolute Gasteiger partial charge is 0.139 e. The van der Waals surface area contributed by atoms with Crippen LogP contribution < -0.4 is 0 Å². The van der Waals surface area contributed by atoms with E-state index in [1.165, 1.54) is 0 Å². The highest BCUT2D eigenvalue weighted by Crippen LogP contribution is 2.45. The minimum atomic E-state index is 0.131. The molecule has 2 rings (SSSR count). The monoisotopic (exact) mass is 370 g/mol. The van der Waals surface area contributed by atoms with Gasteiger partial charge in [-0.15, -0.1) is 0 Å². The molecule has 2 aromatic carbocycles. The first-order valence-electron chi connectivity index (χ1n) is 5.40. The third-order valence-electron chi connectivity index (χ3n) is 2.89. The molecule has 0 heterocycles. The summed E-state index contributed by atoms with van der Waals surface area (Å²) in [6, 6.07) is 7.22. The van der Waals surface area contributed by atoms with E-state index in [2.05, 4.69) is 31.9 Å². The van der Waals surface area contributed by atoms with Crippen molar-refractivity contribution in [2.75, 3.05) is 0 Å². The Labute approximate surface area is 123 Å². The largest absolute Gasteiger partial charge is 0.507 e. The van der Waals surface area contributed by atoms with Crippen LogP contribution in [0, 0.1) is 13.8 Å². The average molecular weight is 372 g/mol. The molecule has 0 radical (unpaired) electrons. The number of hydrogen-bond donors (Lipinski definition) is 2. The van der Waals surface area contributed by atoms with Crippen molar-refractivity contribution in [2.24, 2.45) is 0 Å². The molecule has 0 aliphatic rings.